The maximum atomic E-state index is 11.4. The van der Waals surface area contributed by atoms with E-state index in [9.17, 15) is 4.79 Å². The summed E-state index contributed by atoms with van der Waals surface area (Å²) in [5.41, 5.74) is 2.19. The summed E-state index contributed by atoms with van der Waals surface area (Å²) in [6.45, 7) is 0. The largest absolute Gasteiger partial charge is 0.320 e. The number of benzene rings is 1. The summed E-state index contributed by atoms with van der Waals surface area (Å²) in [6.07, 6.45) is 7.93. The lowest BCUT2D eigenvalue weighted by Crippen LogP contribution is -2.04. The molecule has 1 heterocycles. The van der Waals surface area contributed by atoms with Crippen LogP contribution in [0.15, 0.2) is 54.8 Å². The maximum Gasteiger partial charge on any atom is 0.161 e. The number of allylic oxidation sites excluding steroid dienone is 4. The molecule has 1 aromatic heterocycles. The number of fused-ring (bicyclic) bond motifs is 1. The zero-order chi connectivity index (χ0) is 11.0. The van der Waals surface area contributed by atoms with E-state index in [2.05, 4.69) is 22.8 Å². The molecule has 0 fully saturated rings. The highest BCUT2D eigenvalue weighted by Gasteiger charge is 2.10. The molecule has 1 aliphatic carbocycles. The van der Waals surface area contributed by atoms with Gasteiger partial charge in [0.2, 0.25) is 0 Å². The lowest BCUT2D eigenvalue weighted by molar-refractivity contribution is -0.113. The summed E-state index contributed by atoms with van der Waals surface area (Å²) in [5.74, 6) is 0.162. The molecule has 78 valence electrons. The van der Waals surface area contributed by atoms with E-state index in [0.29, 0.717) is 6.42 Å². The van der Waals surface area contributed by atoms with Crippen molar-refractivity contribution in [2.45, 2.75) is 6.42 Å². The van der Waals surface area contributed by atoms with Gasteiger partial charge in [0.05, 0.1) is 11.9 Å². The number of aromatic nitrogens is 1. The Morgan fingerprint density at radius 3 is 2.88 bits per heavy atom. The summed E-state index contributed by atoms with van der Waals surface area (Å²) in [6, 6.07) is 10.2. The minimum atomic E-state index is 0.162. The summed E-state index contributed by atoms with van der Waals surface area (Å²) >= 11 is 0. The molecule has 0 unspecified atom stereocenters. The smallest absolute Gasteiger partial charge is 0.161 e. The highest BCUT2D eigenvalue weighted by molar-refractivity contribution is 5.99. The van der Waals surface area contributed by atoms with Crippen molar-refractivity contribution in [2.24, 2.45) is 0 Å². The van der Waals surface area contributed by atoms with Crippen LogP contribution in [0.2, 0.25) is 0 Å². The second-order valence-electron chi connectivity index (χ2n) is 3.90. The average Bonchev–Trinajstić information content (AvgIpc) is 2.72. The van der Waals surface area contributed by atoms with Gasteiger partial charge in [0.25, 0.3) is 0 Å². The van der Waals surface area contributed by atoms with Crippen molar-refractivity contribution < 1.29 is 4.79 Å². The second kappa shape index (κ2) is 3.49. The van der Waals surface area contributed by atoms with Crippen LogP contribution >= 0.6 is 0 Å². The minimum absolute atomic E-state index is 0.162. The van der Waals surface area contributed by atoms with Crippen LogP contribution in [0.5, 0.6) is 0 Å². The van der Waals surface area contributed by atoms with E-state index in [1.807, 2.05) is 30.5 Å². The van der Waals surface area contributed by atoms with Crippen LogP contribution in [0, 0.1) is 0 Å². The molecule has 2 heteroatoms. The van der Waals surface area contributed by atoms with E-state index in [4.69, 9.17) is 0 Å². The predicted octanol–water partition coefficient (Wildman–Crippen LogP) is 3.01. The van der Waals surface area contributed by atoms with Crippen LogP contribution < -0.4 is 0 Å². The molecule has 0 spiro atoms. The third-order valence-electron chi connectivity index (χ3n) is 2.83. The molecule has 2 nitrogen and oxygen atoms in total. The van der Waals surface area contributed by atoms with Crippen LogP contribution in [0.1, 0.15) is 6.42 Å². The normalized spacial score (nSPS) is 15.5. The number of nitrogens with zero attached hydrogens (tertiary/aromatic N) is 1. The molecule has 0 aliphatic heterocycles. The molecule has 1 aromatic carbocycles. The molecule has 2 aromatic rings. The SMILES string of the molecule is O=C1C=CC=C(n2ccc3ccccc32)C1. The zero-order valence-electron chi connectivity index (χ0n) is 8.76. The fraction of sp³-hybridized carbons (Fsp3) is 0.0714. The van der Waals surface area contributed by atoms with Crippen molar-refractivity contribution in [3.8, 4) is 0 Å². The van der Waals surface area contributed by atoms with Gasteiger partial charge in [-0.1, -0.05) is 24.3 Å². The molecule has 0 saturated carbocycles. The number of carbonyl (C=O) groups excluding carboxylic acids is 1. The molecule has 16 heavy (non-hydrogen) atoms. The summed E-state index contributed by atoms with van der Waals surface area (Å²) in [4.78, 5) is 11.4. The van der Waals surface area contributed by atoms with Gasteiger partial charge in [-0.3, -0.25) is 4.79 Å². The standard InChI is InChI=1S/C14H11NO/c16-13-6-3-5-12(10-13)15-9-8-11-4-1-2-7-14(11)15/h1-9H,10H2. The monoisotopic (exact) mass is 209 g/mol. The lowest BCUT2D eigenvalue weighted by Gasteiger charge is -2.11. The van der Waals surface area contributed by atoms with Crippen molar-refractivity contribution >= 4 is 22.4 Å². The van der Waals surface area contributed by atoms with Gasteiger partial charge in [-0.15, -0.1) is 0 Å². The van der Waals surface area contributed by atoms with Gasteiger partial charge < -0.3 is 4.57 Å². The molecular weight excluding hydrogens is 198 g/mol. The molecule has 1 aliphatic rings. The van der Waals surface area contributed by atoms with Crippen molar-refractivity contribution in [1.82, 2.24) is 4.57 Å². The third-order valence-corrected chi connectivity index (χ3v) is 2.83. The number of carbonyl (C=O) groups is 1. The van der Waals surface area contributed by atoms with Crippen LogP contribution in [0.4, 0.5) is 0 Å². The van der Waals surface area contributed by atoms with Gasteiger partial charge in [-0.25, -0.2) is 0 Å². The highest BCUT2D eigenvalue weighted by Crippen LogP contribution is 2.23. The van der Waals surface area contributed by atoms with E-state index in [1.165, 1.54) is 5.39 Å². The van der Waals surface area contributed by atoms with Crippen LogP contribution in [-0.4, -0.2) is 10.4 Å². The first-order valence-electron chi connectivity index (χ1n) is 5.31. The van der Waals surface area contributed by atoms with Gasteiger partial charge in [-0.2, -0.15) is 0 Å². The third kappa shape index (κ3) is 1.39. The van der Waals surface area contributed by atoms with Crippen molar-refractivity contribution in [3.63, 3.8) is 0 Å². The summed E-state index contributed by atoms with van der Waals surface area (Å²) in [7, 11) is 0. The van der Waals surface area contributed by atoms with E-state index < -0.39 is 0 Å². The predicted molar refractivity (Wildman–Crippen MR) is 65.0 cm³/mol. The highest BCUT2D eigenvalue weighted by atomic mass is 16.1. The molecule has 0 saturated heterocycles. The number of para-hydroxylation sites is 1. The summed E-state index contributed by atoms with van der Waals surface area (Å²) < 4.78 is 2.08. The van der Waals surface area contributed by atoms with E-state index in [-0.39, 0.29) is 5.78 Å². The Labute approximate surface area is 93.5 Å². The van der Waals surface area contributed by atoms with Gasteiger partial charge in [0.1, 0.15) is 0 Å². The van der Waals surface area contributed by atoms with Crippen molar-refractivity contribution in [3.05, 3.63) is 54.8 Å². The fourth-order valence-corrected chi connectivity index (χ4v) is 2.06. The Morgan fingerprint density at radius 2 is 2.00 bits per heavy atom. The van der Waals surface area contributed by atoms with E-state index >= 15 is 0 Å². The maximum absolute atomic E-state index is 11.4. The molecule has 3 rings (SSSR count). The van der Waals surface area contributed by atoms with Crippen LogP contribution in [0.3, 0.4) is 0 Å². The van der Waals surface area contributed by atoms with Crippen molar-refractivity contribution in [2.75, 3.05) is 0 Å². The molecule has 0 amide bonds. The van der Waals surface area contributed by atoms with Crippen molar-refractivity contribution in [1.29, 1.82) is 0 Å². The number of hydrogen-bond donors (Lipinski definition) is 0. The van der Waals surface area contributed by atoms with E-state index in [1.54, 1.807) is 6.08 Å². The number of ketones is 1. The molecule has 0 atom stereocenters. The Bertz CT molecular complexity index is 616. The van der Waals surface area contributed by atoms with Gasteiger partial charge in [0, 0.05) is 11.9 Å². The van der Waals surface area contributed by atoms with Gasteiger partial charge in [0.15, 0.2) is 5.78 Å². The average molecular weight is 209 g/mol. The Hall–Kier alpha value is -2.09. The Morgan fingerprint density at radius 1 is 1.12 bits per heavy atom. The molecule has 0 bridgehead atoms. The number of rotatable bonds is 1. The van der Waals surface area contributed by atoms with Gasteiger partial charge in [-0.05, 0) is 29.7 Å². The lowest BCUT2D eigenvalue weighted by atomic mass is 10.1. The zero-order valence-corrected chi connectivity index (χ0v) is 8.76. The number of hydrogen-bond acceptors (Lipinski definition) is 1. The van der Waals surface area contributed by atoms with Crippen LogP contribution in [0.25, 0.3) is 16.6 Å². The second-order valence-corrected chi connectivity index (χ2v) is 3.90. The summed E-state index contributed by atoms with van der Waals surface area (Å²) in [5, 5.41) is 1.20. The quantitative estimate of drug-likeness (QED) is 0.707. The Balaban J connectivity index is 2.16. The minimum Gasteiger partial charge on any atom is -0.320 e. The van der Waals surface area contributed by atoms with Crippen LogP contribution in [-0.2, 0) is 4.79 Å². The fourth-order valence-electron chi connectivity index (χ4n) is 2.06. The first kappa shape index (κ1) is 9.16. The molecule has 0 N–H and O–H groups in total. The first-order chi connectivity index (χ1) is 7.84. The topological polar surface area (TPSA) is 22.0 Å². The first-order valence-corrected chi connectivity index (χ1v) is 5.31. The Kier molecular flexibility index (Phi) is 2.00. The van der Waals surface area contributed by atoms with Gasteiger partial charge >= 0.3 is 0 Å². The van der Waals surface area contributed by atoms with E-state index in [0.717, 1.165) is 11.2 Å². The molecule has 0 radical (unpaired) electrons. The molecular formula is C14H11NO.